The standard InChI is InChI=1S/C16H16ClN5/c1-10-8-11(2)22(21-10)15-9-18-12(3)16(20-15)19-14-6-4-13(17)5-7-14/h4-9H,1-3H3,(H,19,20). The van der Waals surface area contributed by atoms with Crippen LogP contribution in [0.2, 0.25) is 5.02 Å². The van der Waals surface area contributed by atoms with E-state index in [0.717, 1.165) is 22.8 Å². The van der Waals surface area contributed by atoms with Crippen LogP contribution in [-0.2, 0) is 0 Å². The third-order valence-corrected chi connectivity index (χ3v) is 3.53. The lowest BCUT2D eigenvalue weighted by atomic mass is 10.3. The zero-order valence-electron chi connectivity index (χ0n) is 12.6. The molecule has 0 saturated heterocycles. The number of benzene rings is 1. The van der Waals surface area contributed by atoms with Gasteiger partial charge in [0.15, 0.2) is 11.6 Å². The Labute approximate surface area is 134 Å². The molecule has 6 heteroatoms. The van der Waals surface area contributed by atoms with Gasteiger partial charge in [-0.2, -0.15) is 5.10 Å². The molecule has 1 aromatic carbocycles. The van der Waals surface area contributed by atoms with E-state index in [2.05, 4.69) is 20.4 Å². The summed E-state index contributed by atoms with van der Waals surface area (Å²) < 4.78 is 1.79. The minimum atomic E-state index is 0.688. The highest BCUT2D eigenvalue weighted by Crippen LogP contribution is 2.20. The van der Waals surface area contributed by atoms with E-state index in [-0.39, 0.29) is 0 Å². The van der Waals surface area contributed by atoms with Crippen molar-refractivity contribution in [3.63, 3.8) is 0 Å². The van der Waals surface area contributed by atoms with Gasteiger partial charge < -0.3 is 5.32 Å². The zero-order chi connectivity index (χ0) is 15.7. The molecule has 3 aromatic rings. The predicted octanol–water partition coefficient (Wildman–Crippen LogP) is 3.98. The van der Waals surface area contributed by atoms with Gasteiger partial charge in [0.25, 0.3) is 0 Å². The van der Waals surface area contributed by atoms with Gasteiger partial charge in [0.1, 0.15) is 0 Å². The van der Waals surface area contributed by atoms with Crippen LogP contribution in [0.5, 0.6) is 0 Å². The molecule has 0 unspecified atom stereocenters. The Bertz CT molecular complexity index is 808. The number of hydrogen-bond donors (Lipinski definition) is 1. The maximum Gasteiger partial charge on any atom is 0.174 e. The van der Waals surface area contributed by atoms with Gasteiger partial charge in [0.2, 0.25) is 0 Å². The average Bonchev–Trinajstić information content (AvgIpc) is 2.82. The second-order valence-corrected chi connectivity index (χ2v) is 5.57. The molecule has 0 fully saturated rings. The van der Waals surface area contributed by atoms with Crippen LogP contribution < -0.4 is 5.32 Å². The van der Waals surface area contributed by atoms with E-state index in [4.69, 9.17) is 11.6 Å². The average molecular weight is 314 g/mol. The first-order valence-corrected chi connectivity index (χ1v) is 7.30. The van der Waals surface area contributed by atoms with Gasteiger partial charge in [-0.25, -0.2) is 9.67 Å². The van der Waals surface area contributed by atoms with Crippen LogP contribution in [0.3, 0.4) is 0 Å². The maximum atomic E-state index is 5.90. The first-order chi connectivity index (χ1) is 10.5. The predicted molar refractivity (Wildman–Crippen MR) is 88.1 cm³/mol. The van der Waals surface area contributed by atoms with Gasteiger partial charge in [-0.3, -0.25) is 4.98 Å². The van der Waals surface area contributed by atoms with E-state index in [1.165, 1.54) is 0 Å². The van der Waals surface area contributed by atoms with Crippen molar-refractivity contribution in [1.29, 1.82) is 0 Å². The van der Waals surface area contributed by atoms with E-state index in [9.17, 15) is 0 Å². The fraction of sp³-hybridized carbons (Fsp3) is 0.188. The highest BCUT2D eigenvalue weighted by molar-refractivity contribution is 6.30. The Hall–Kier alpha value is -2.40. The number of halogens is 1. The Morgan fingerprint density at radius 2 is 1.82 bits per heavy atom. The number of aryl methyl sites for hydroxylation is 3. The number of hydrogen-bond acceptors (Lipinski definition) is 4. The molecular formula is C16H16ClN5. The molecule has 0 aliphatic carbocycles. The second kappa shape index (κ2) is 5.77. The summed E-state index contributed by atoms with van der Waals surface area (Å²) in [6, 6.07) is 9.47. The maximum absolute atomic E-state index is 5.90. The fourth-order valence-electron chi connectivity index (χ4n) is 2.19. The van der Waals surface area contributed by atoms with Crippen molar-refractivity contribution in [2.45, 2.75) is 20.8 Å². The topological polar surface area (TPSA) is 55.6 Å². The molecular weight excluding hydrogens is 298 g/mol. The summed E-state index contributed by atoms with van der Waals surface area (Å²) in [4.78, 5) is 9.04. The highest BCUT2D eigenvalue weighted by atomic mass is 35.5. The second-order valence-electron chi connectivity index (χ2n) is 5.13. The molecule has 0 bridgehead atoms. The van der Waals surface area contributed by atoms with Crippen LogP contribution >= 0.6 is 11.6 Å². The van der Waals surface area contributed by atoms with Crippen LogP contribution in [0.4, 0.5) is 11.5 Å². The van der Waals surface area contributed by atoms with Gasteiger partial charge in [0.05, 0.1) is 17.6 Å². The quantitative estimate of drug-likeness (QED) is 0.794. The monoisotopic (exact) mass is 313 g/mol. The van der Waals surface area contributed by atoms with Crippen molar-refractivity contribution in [3.05, 3.63) is 58.6 Å². The van der Waals surface area contributed by atoms with Crippen LogP contribution in [-0.4, -0.2) is 19.7 Å². The van der Waals surface area contributed by atoms with Crippen LogP contribution in [0.25, 0.3) is 5.82 Å². The lowest BCUT2D eigenvalue weighted by Gasteiger charge is -2.10. The first kappa shape index (κ1) is 14.5. The molecule has 3 rings (SSSR count). The molecule has 0 saturated carbocycles. The lowest BCUT2D eigenvalue weighted by molar-refractivity contribution is 0.798. The van der Waals surface area contributed by atoms with Crippen molar-refractivity contribution in [1.82, 2.24) is 19.7 Å². The van der Waals surface area contributed by atoms with Crippen LogP contribution in [0, 0.1) is 20.8 Å². The van der Waals surface area contributed by atoms with Crippen molar-refractivity contribution in [2.24, 2.45) is 0 Å². The Kier molecular flexibility index (Phi) is 3.81. The van der Waals surface area contributed by atoms with Gasteiger partial charge in [-0.05, 0) is 51.1 Å². The Morgan fingerprint density at radius 3 is 2.45 bits per heavy atom. The minimum absolute atomic E-state index is 0.688. The number of aromatic nitrogens is 4. The van der Waals surface area contributed by atoms with Crippen LogP contribution in [0.1, 0.15) is 17.1 Å². The van der Waals surface area contributed by atoms with Gasteiger partial charge >= 0.3 is 0 Å². The molecule has 0 atom stereocenters. The number of anilines is 2. The molecule has 1 N–H and O–H groups in total. The smallest absolute Gasteiger partial charge is 0.174 e. The molecule has 112 valence electrons. The van der Waals surface area contributed by atoms with E-state index >= 15 is 0 Å². The van der Waals surface area contributed by atoms with Crippen molar-refractivity contribution in [2.75, 3.05) is 5.32 Å². The normalized spacial score (nSPS) is 10.7. The van der Waals surface area contributed by atoms with Gasteiger partial charge in [0, 0.05) is 16.4 Å². The lowest BCUT2D eigenvalue weighted by Crippen LogP contribution is -2.07. The summed E-state index contributed by atoms with van der Waals surface area (Å²) in [5.41, 5.74) is 3.70. The summed E-state index contributed by atoms with van der Waals surface area (Å²) in [7, 11) is 0. The number of rotatable bonds is 3. The molecule has 0 amide bonds. The molecule has 0 aliphatic heterocycles. The largest absolute Gasteiger partial charge is 0.339 e. The summed E-state index contributed by atoms with van der Waals surface area (Å²) in [6.07, 6.45) is 1.72. The first-order valence-electron chi connectivity index (χ1n) is 6.93. The molecule has 0 aliphatic rings. The molecule has 0 spiro atoms. The summed E-state index contributed by atoms with van der Waals surface area (Å²) in [5, 5.41) is 8.40. The molecule has 5 nitrogen and oxygen atoms in total. The highest BCUT2D eigenvalue weighted by Gasteiger charge is 2.09. The Morgan fingerprint density at radius 1 is 1.09 bits per heavy atom. The molecule has 2 aromatic heterocycles. The Balaban J connectivity index is 1.96. The SMILES string of the molecule is Cc1cc(C)n(-c2cnc(C)c(Nc3ccc(Cl)cc3)n2)n1. The zero-order valence-corrected chi connectivity index (χ0v) is 13.4. The van der Waals surface area contributed by atoms with E-state index in [1.54, 1.807) is 10.9 Å². The number of nitrogens with zero attached hydrogens (tertiary/aromatic N) is 4. The van der Waals surface area contributed by atoms with Crippen LogP contribution in [0.15, 0.2) is 36.5 Å². The number of nitrogens with one attached hydrogen (secondary N) is 1. The van der Waals surface area contributed by atoms with Gasteiger partial charge in [-0.15, -0.1) is 0 Å². The molecule has 0 radical (unpaired) electrons. The van der Waals surface area contributed by atoms with E-state index in [1.807, 2.05) is 51.1 Å². The van der Waals surface area contributed by atoms with Crippen molar-refractivity contribution >= 4 is 23.1 Å². The molecule has 22 heavy (non-hydrogen) atoms. The van der Waals surface area contributed by atoms with E-state index in [0.29, 0.717) is 16.7 Å². The van der Waals surface area contributed by atoms with Gasteiger partial charge in [-0.1, -0.05) is 11.6 Å². The summed E-state index contributed by atoms with van der Waals surface area (Å²) >= 11 is 5.90. The van der Waals surface area contributed by atoms with Crippen molar-refractivity contribution < 1.29 is 0 Å². The minimum Gasteiger partial charge on any atom is -0.339 e. The summed E-state index contributed by atoms with van der Waals surface area (Å²) in [5.74, 6) is 1.39. The van der Waals surface area contributed by atoms with Crippen molar-refractivity contribution in [3.8, 4) is 5.82 Å². The third kappa shape index (κ3) is 2.94. The third-order valence-electron chi connectivity index (χ3n) is 3.28. The summed E-state index contributed by atoms with van der Waals surface area (Å²) in [6.45, 7) is 5.86. The molecule has 2 heterocycles. The fourth-order valence-corrected chi connectivity index (χ4v) is 2.32. The van der Waals surface area contributed by atoms with E-state index < -0.39 is 0 Å².